The molecule has 0 radical (unpaired) electrons. The summed E-state index contributed by atoms with van der Waals surface area (Å²) in [7, 11) is 0. The Bertz CT molecular complexity index is 268. The lowest BCUT2D eigenvalue weighted by atomic mass is 9.96. The van der Waals surface area contributed by atoms with Crippen LogP contribution in [-0.4, -0.2) is 41.2 Å². The van der Waals surface area contributed by atoms with Crippen molar-refractivity contribution in [3.8, 4) is 0 Å². The molecule has 1 fully saturated rings. The second-order valence-electron chi connectivity index (χ2n) is 4.49. The van der Waals surface area contributed by atoms with Gasteiger partial charge in [-0.3, -0.25) is 10.1 Å². The van der Waals surface area contributed by atoms with Gasteiger partial charge in [-0.25, -0.2) is 4.79 Å². The predicted molar refractivity (Wildman–Crippen MR) is 72.6 cm³/mol. The highest BCUT2D eigenvalue weighted by Gasteiger charge is 2.16. The molecule has 1 aliphatic carbocycles. The molecule has 0 aliphatic heterocycles. The third kappa shape index (κ3) is 6.86. The zero-order valence-corrected chi connectivity index (χ0v) is 11.4. The van der Waals surface area contributed by atoms with E-state index < -0.39 is 0 Å². The molecule has 5 nitrogen and oxygen atoms in total. The Labute approximate surface area is 112 Å². The summed E-state index contributed by atoms with van der Waals surface area (Å²) in [6, 6.07) is -0.164. The van der Waals surface area contributed by atoms with E-state index in [4.69, 9.17) is 5.11 Å². The van der Waals surface area contributed by atoms with Crippen LogP contribution < -0.4 is 10.6 Å². The van der Waals surface area contributed by atoms with Crippen LogP contribution in [0.15, 0.2) is 0 Å². The van der Waals surface area contributed by atoms with Gasteiger partial charge in [-0.15, -0.1) is 0 Å². The van der Waals surface area contributed by atoms with Gasteiger partial charge in [-0.1, -0.05) is 19.3 Å². The molecule has 0 heterocycles. The monoisotopic (exact) mass is 274 g/mol. The first-order valence-corrected chi connectivity index (χ1v) is 7.67. The molecular weight excluding hydrogens is 252 g/mol. The minimum atomic E-state index is -0.380. The predicted octanol–water partition coefficient (Wildman–Crippen LogP) is 1.26. The summed E-state index contributed by atoms with van der Waals surface area (Å²) in [5.41, 5.74) is 0. The summed E-state index contributed by atoms with van der Waals surface area (Å²) in [6.45, 7) is 0.136. The van der Waals surface area contributed by atoms with Crippen LogP contribution in [0.25, 0.3) is 0 Å². The number of thioether (sulfide) groups is 1. The number of urea groups is 1. The second-order valence-corrected chi connectivity index (χ2v) is 5.59. The summed E-state index contributed by atoms with van der Waals surface area (Å²) >= 11 is 1.42. The van der Waals surface area contributed by atoms with Crippen molar-refractivity contribution in [2.75, 3.05) is 18.1 Å². The van der Waals surface area contributed by atoms with Crippen LogP contribution in [0.4, 0.5) is 4.79 Å². The number of aliphatic hydroxyl groups is 1. The maximum atomic E-state index is 11.5. The molecule has 0 bridgehead atoms. The van der Waals surface area contributed by atoms with Crippen molar-refractivity contribution in [3.05, 3.63) is 0 Å². The third-order valence-corrected chi connectivity index (χ3v) is 3.92. The molecule has 0 aromatic heterocycles. The number of carbonyl (C=O) groups excluding carboxylic acids is 2. The molecule has 3 amide bonds. The normalized spacial score (nSPS) is 16.3. The quantitative estimate of drug-likeness (QED) is 0.637. The van der Waals surface area contributed by atoms with Gasteiger partial charge in [-0.2, -0.15) is 11.8 Å². The molecule has 18 heavy (non-hydrogen) atoms. The first-order valence-electron chi connectivity index (χ1n) is 6.51. The molecule has 1 aliphatic rings. The number of amides is 3. The van der Waals surface area contributed by atoms with Gasteiger partial charge in [0.25, 0.3) is 0 Å². The molecule has 0 aromatic carbocycles. The minimum Gasteiger partial charge on any atom is -0.396 e. The van der Waals surface area contributed by atoms with Crippen molar-refractivity contribution in [2.45, 2.75) is 44.6 Å². The maximum absolute atomic E-state index is 11.5. The SMILES string of the molecule is O=C(CSCCCO)NC(=O)NC1CCCCC1. The van der Waals surface area contributed by atoms with E-state index in [2.05, 4.69) is 10.6 Å². The highest BCUT2D eigenvalue weighted by Crippen LogP contribution is 2.17. The Kier molecular flexibility index (Phi) is 7.84. The van der Waals surface area contributed by atoms with Crippen LogP contribution in [0.1, 0.15) is 38.5 Å². The Morgan fingerprint density at radius 2 is 1.94 bits per heavy atom. The average Bonchev–Trinajstić information content (AvgIpc) is 2.35. The smallest absolute Gasteiger partial charge is 0.321 e. The summed E-state index contributed by atoms with van der Waals surface area (Å²) in [5.74, 6) is 0.720. The summed E-state index contributed by atoms with van der Waals surface area (Å²) in [5, 5.41) is 13.7. The molecule has 3 N–H and O–H groups in total. The number of aliphatic hydroxyl groups excluding tert-OH is 1. The van der Waals surface area contributed by atoms with Crippen molar-refractivity contribution in [2.24, 2.45) is 0 Å². The molecule has 0 aromatic rings. The van der Waals surface area contributed by atoms with Gasteiger partial charge in [0.15, 0.2) is 0 Å². The van der Waals surface area contributed by atoms with Crippen molar-refractivity contribution in [1.29, 1.82) is 0 Å². The summed E-state index contributed by atoms with van der Waals surface area (Å²) in [6.07, 6.45) is 6.22. The average molecular weight is 274 g/mol. The van der Waals surface area contributed by atoms with Crippen LogP contribution in [0.3, 0.4) is 0 Å². The number of imide groups is 1. The summed E-state index contributed by atoms with van der Waals surface area (Å²) < 4.78 is 0. The fourth-order valence-corrected chi connectivity index (χ4v) is 2.70. The van der Waals surface area contributed by atoms with E-state index in [0.717, 1.165) is 31.4 Å². The lowest BCUT2D eigenvalue weighted by Crippen LogP contribution is -2.45. The topological polar surface area (TPSA) is 78.4 Å². The molecule has 0 saturated heterocycles. The highest BCUT2D eigenvalue weighted by molar-refractivity contribution is 7.99. The Hall–Kier alpha value is -0.750. The molecule has 0 unspecified atom stereocenters. The lowest BCUT2D eigenvalue weighted by Gasteiger charge is -2.22. The fraction of sp³-hybridized carbons (Fsp3) is 0.833. The van der Waals surface area contributed by atoms with E-state index in [0.29, 0.717) is 6.42 Å². The van der Waals surface area contributed by atoms with Gasteiger partial charge in [0, 0.05) is 12.6 Å². The van der Waals surface area contributed by atoms with Gasteiger partial charge in [-0.05, 0) is 25.0 Å². The van der Waals surface area contributed by atoms with E-state index >= 15 is 0 Å². The Morgan fingerprint density at radius 3 is 2.61 bits per heavy atom. The number of carbonyl (C=O) groups is 2. The standard InChI is InChI=1S/C12H22N2O3S/c15-7-4-8-18-9-11(16)14-12(17)13-10-5-2-1-3-6-10/h10,15H,1-9H2,(H2,13,14,16,17). The van der Waals surface area contributed by atoms with Gasteiger partial charge in [0.1, 0.15) is 0 Å². The van der Waals surface area contributed by atoms with Crippen molar-refractivity contribution >= 4 is 23.7 Å². The maximum Gasteiger partial charge on any atom is 0.321 e. The van der Waals surface area contributed by atoms with E-state index in [1.807, 2.05) is 0 Å². The molecular formula is C12H22N2O3S. The Balaban J connectivity index is 2.08. The molecule has 0 atom stereocenters. The molecule has 0 spiro atoms. The first kappa shape index (κ1) is 15.3. The van der Waals surface area contributed by atoms with Gasteiger partial charge in [0.05, 0.1) is 5.75 Å². The fourth-order valence-electron chi connectivity index (χ4n) is 1.96. The van der Waals surface area contributed by atoms with Crippen molar-refractivity contribution in [3.63, 3.8) is 0 Å². The van der Waals surface area contributed by atoms with E-state index in [1.165, 1.54) is 18.2 Å². The number of rotatable bonds is 6. The van der Waals surface area contributed by atoms with Gasteiger partial charge >= 0.3 is 6.03 Å². The molecule has 1 saturated carbocycles. The van der Waals surface area contributed by atoms with E-state index in [1.54, 1.807) is 0 Å². The number of hydrogen-bond donors (Lipinski definition) is 3. The van der Waals surface area contributed by atoms with Gasteiger partial charge < -0.3 is 10.4 Å². The summed E-state index contributed by atoms with van der Waals surface area (Å²) in [4.78, 5) is 22.9. The molecule has 104 valence electrons. The van der Waals surface area contributed by atoms with E-state index in [-0.39, 0.29) is 30.3 Å². The second kappa shape index (κ2) is 9.22. The van der Waals surface area contributed by atoms with Crippen LogP contribution >= 0.6 is 11.8 Å². The molecule has 6 heteroatoms. The largest absolute Gasteiger partial charge is 0.396 e. The van der Waals surface area contributed by atoms with Crippen LogP contribution in [0.2, 0.25) is 0 Å². The Morgan fingerprint density at radius 1 is 1.22 bits per heavy atom. The van der Waals surface area contributed by atoms with Crippen molar-refractivity contribution < 1.29 is 14.7 Å². The number of hydrogen-bond acceptors (Lipinski definition) is 4. The van der Waals surface area contributed by atoms with Crippen molar-refractivity contribution in [1.82, 2.24) is 10.6 Å². The van der Waals surface area contributed by atoms with Gasteiger partial charge in [0.2, 0.25) is 5.91 Å². The minimum absolute atomic E-state index is 0.136. The number of nitrogens with one attached hydrogen (secondary N) is 2. The lowest BCUT2D eigenvalue weighted by molar-refractivity contribution is -0.117. The molecule has 1 rings (SSSR count). The van der Waals surface area contributed by atoms with Crippen LogP contribution in [-0.2, 0) is 4.79 Å². The highest BCUT2D eigenvalue weighted by atomic mass is 32.2. The zero-order chi connectivity index (χ0) is 13.2. The van der Waals surface area contributed by atoms with Crippen LogP contribution in [0.5, 0.6) is 0 Å². The third-order valence-electron chi connectivity index (χ3n) is 2.87. The van der Waals surface area contributed by atoms with Crippen LogP contribution in [0, 0.1) is 0 Å². The zero-order valence-electron chi connectivity index (χ0n) is 10.6. The first-order chi connectivity index (χ1) is 8.72. The van der Waals surface area contributed by atoms with E-state index in [9.17, 15) is 9.59 Å².